The van der Waals surface area contributed by atoms with Gasteiger partial charge in [0.1, 0.15) is 11.3 Å². The molecule has 1 aliphatic rings. The molecule has 1 amide bonds. The topological polar surface area (TPSA) is 113 Å². The molecule has 3 rings (SSSR count). The third-order valence-corrected chi connectivity index (χ3v) is 5.61. The Morgan fingerprint density at radius 2 is 1.97 bits per heavy atom. The molecule has 0 radical (unpaired) electrons. The molecule has 2 heterocycles. The van der Waals surface area contributed by atoms with E-state index in [1.807, 2.05) is 0 Å². The molecular formula is C20H25ClF3N5O3. The van der Waals surface area contributed by atoms with Gasteiger partial charge in [0.05, 0.1) is 23.4 Å². The number of pyridine rings is 1. The van der Waals surface area contributed by atoms with Gasteiger partial charge >= 0.3 is 6.43 Å². The van der Waals surface area contributed by atoms with Gasteiger partial charge in [-0.3, -0.25) is 4.79 Å². The first-order valence-corrected chi connectivity index (χ1v) is 10.6. The third kappa shape index (κ3) is 6.10. The van der Waals surface area contributed by atoms with E-state index in [1.54, 1.807) is 0 Å². The van der Waals surface area contributed by atoms with E-state index < -0.39 is 30.0 Å². The van der Waals surface area contributed by atoms with Gasteiger partial charge in [-0.2, -0.15) is 8.78 Å². The Bertz CT molecular complexity index is 929. The zero-order valence-electron chi connectivity index (χ0n) is 17.6. The van der Waals surface area contributed by atoms with Crippen molar-refractivity contribution in [3.05, 3.63) is 34.8 Å². The molecule has 1 atom stereocenters. The molecule has 1 fully saturated rings. The van der Waals surface area contributed by atoms with Crippen LogP contribution < -0.4 is 10.6 Å². The number of nitrogens with one attached hydrogen (secondary N) is 2. The number of alkyl halides is 3. The fraction of sp³-hybridized carbons (Fsp3) is 0.600. The minimum absolute atomic E-state index is 0.0148. The Kier molecular flexibility index (Phi) is 7.60. The van der Waals surface area contributed by atoms with Crippen LogP contribution in [-0.2, 0) is 0 Å². The Labute approximate surface area is 188 Å². The van der Waals surface area contributed by atoms with Gasteiger partial charge in [-0.25, -0.2) is 9.37 Å². The summed E-state index contributed by atoms with van der Waals surface area (Å²) in [6.07, 6.45) is -0.532. The summed E-state index contributed by atoms with van der Waals surface area (Å²) in [7, 11) is 0. The lowest BCUT2D eigenvalue weighted by molar-refractivity contribution is -0.00177. The Balaban J connectivity index is 1.61. The van der Waals surface area contributed by atoms with Crippen LogP contribution >= 0.6 is 11.6 Å². The van der Waals surface area contributed by atoms with Gasteiger partial charge in [0.25, 0.3) is 11.8 Å². The number of anilines is 1. The molecule has 32 heavy (non-hydrogen) atoms. The third-order valence-electron chi connectivity index (χ3n) is 5.40. The average Bonchev–Trinajstić information content (AvgIpc) is 3.22. The normalized spacial score (nSPS) is 20.2. The van der Waals surface area contributed by atoms with Crippen molar-refractivity contribution < 1.29 is 27.5 Å². The maximum atomic E-state index is 14.0. The lowest BCUT2D eigenvalue weighted by atomic mass is 9.86. The van der Waals surface area contributed by atoms with E-state index in [-0.39, 0.29) is 35.1 Å². The van der Waals surface area contributed by atoms with Crippen molar-refractivity contribution in [3.63, 3.8) is 0 Å². The summed E-state index contributed by atoms with van der Waals surface area (Å²) >= 11 is 5.99. The van der Waals surface area contributed by atoms with Gasteiger partial charge in [-0.15, -0.1) is 10.2 Å². The summed E-state index contributed by atoms with van der Waals surface area (Å²) in [5.41, 5.74) is -0.944. The molecule has 176 valence electrons. The van der Waals surface area contributed by atoms with Gasteiger partial charge in [0.2, 0.25) is 5.89 Å². The molecule has 8 nitrogen and oxygen atoms in total. The number of carbonyl (C=O) groups is 1. The summed E-state index contributed by atoms with van der Waals surface area (Å²) in [4.78, 5) is 16.5. The average molecular weight is 476 g/mol. The monoisotopic (exact) mass is 475 g/mol. The number of amides is 1. The highest BCUT2D eigenvalue weighted by Gasteiger charge is 2.29. The van der Waals surface area contributed by atoms with Crippen LogP contribution in [0.3, 0.4) is 0 Å². The van der Waals surface area contributed by atoms with Gasteiger partial charge in [-0.05, 0) is 45.6 Å². The van der Waals surface area contributed by atoms with Crippen LogP contribution in [-0.4, -0.2) is 50.6 Å². The SMILES string of the molecule is CC(C)(O)[C@H](F)CNC(=O)c1cnc(Cl)cc1N[C@H]1CC[C@H](c2nnc(C(F)F)o2)CC1. The molecule has 0 bridgehead atoms. The van der Waals surface area contributed by atoms with Crippen LogP contribution in [0, 0.1) is 0 Å². The molecule has 0 aliphatic heterocycles. The molecule has 2 aromatic heterocycles. The van der Waals surface area contributed by atoms with E-state index in [0.29, 0.717) is 31.4 Å². The van der Waals surface area contributed by atoms with Crippen LogP contribution in [0.4, 0.5) is 18.9 Å². The van der Waals surface area contributed by atoms with Crippen LogP contribution in [0.15, 0.2) is 16.7 Å². The summed E-state index contributed by atoms with van der Waals surface area (Å²) in [5.74, 6) is -1.14. The van der Waals surface area contributed by atoms with Crippen LogP contribution in [0.2, 0.25) is 5.15 Å². The Morgan fingerprint density at radius 1 is 1.28 bits per heavy atom. The first-order valence-electron chi connectivity index (χ1n) is 10.2. The maximum absolute atomic E-state index is 14.0. The van der Waals surface area contributed by atoms with Crippen LogP contribution in [0.5, 0.6) is 0 Å². The minimum atomic E-state index is -2.80. The molecule has 1 saturated carbocycles. The fourth-order valence-electron chi connectivity index (χ4n) is 3.46. The standard InChI is InChI=1S/C20H25ClF3N5O3/c1-20(2,31)14(22)9-26-17(30)12-8-25-15(21)7-13(12)27-11-5-3-10(4-6-11)18-28-29-19(32-18)16(23)24/h7-8,10-11,14,16,31H,3-6,9H2,1-2H3,(H,25,27)(H,26,30)/t10-,11-,14-/m1/s1. The number of carbonyl (C=O) groups excluding carboxylic acids is 1. The van der Waals surface area contributed by atoms with Gasteiger partial charge in [-0.1, -0.05) is 11.6 Å². The molecule has 0 aromatic carbocycles. The van der Waals surface area contributed by atoms with Crippen molar-refractivity contribution >= 4 is 23.2 Å². The summed E-state index contributed by atoms with van der Waals surface area (Å²) in [6, 6.07) is 1.50. The number of aliphatic hydroxyl groups is 1. The van der Waals surface area contributed by atoms with Gasteiger partial charge in [0, 0.05) is 18.2 Å². The number of hydrogen-bond donors (Lipinski definition) is 3. The first kappa shape index (κ1) is 24.2. The van der Waals surface area contributed by atoms with Crippen molar-refractivity contribution in [2.75, 3.05) is 11.9 Å². The van der Waals surface area contributed by atoms with Gasteiger partial charge < -0.3 is 20.2 Å². The molecular weight excluding hydrogens is 451 g/mol. The van der Waals surface area contributed by atoms with E-state index in [0.717, 1.165) is 0 Å². The predicted molar refractivity (Wildman–Crippen MR) is 111 cm³/mol. The highest BCUT2D eigenvalue weighted by Crippen LogP contribution is 2.35. The second kappa shape index (κ2) is 10.0. The van der Waals surface area contributed by atoms with Crippen molar-refractivity contribution in [2.24, 2.45) is 0 Å². The molecule has 0 unspecified atom stereocenters. The smallest absolute Gasteiger partial charge is 0.314 e. The first-order chi connectivity index (χ1) is 15.0. The molecule has 12 heteroatoms. The van der Waals surface area contributed by atoms with E-state index in [1.165, 1.54) is 26.1 Å². The largest absolute Gasteiger partial charge is 0.419 e. The summed E-state index contributed by atoms with van der Waals surface area (Å²) < 4.78 is 44.3. The molecule has 1 aliphatic carbocycles. The van der Waals surface area contributed by atoms with E-state index in [4.69, 9.17) is 16.0 Å². The lowest BCUT2D eigenvalue weighted by Gasteiger charge is -2.28. The quantitative estimate of drug-likeness (QED) is 0.494. The summed E-state index contributed by atoms with van der Waals surface area (Å²) in [5, 5.41) is 22.7. The predicted octanol–water partition coefficient (Wildman–Crippen LogP) is 4.03. The number of halogens is 4. The zero-order chi connectivity index (χ0) is 23.5. The number of rotatable bonds is 8. The molecule has 0 spiro atoms. The summed E-state index contributed by atoms with van der Waals surface area (Å²) in [6.45, 7) is 2.28. The minimum Gasteiger partial charge on any atom is -0.419 e. The van der Waals surface area contributed by atoms with E-state index in [9.17, 15) is 23.1 Å². The lowest BCUT2D eigenvalue weighted by Crippen LogP contribution is -2.42. The van der Waals surface area contributed by atoms with Crippen molar-refractivity contribution in [1.29, 1.82) is 0 Å². The Hall–Kier alpha value is -2.40. The molecule has 3 N–H and O–H groups in total. The number of nitrogens with zero attached hydrogens (tertiary/aromatic N) is 3. The van der Waals surface area contributed by atoms with Gasteiger partial charge in [0.15, 0.2) is 0 Å². The van der Waals surface area contributed by atoms with E-state index >= 15 is 0 Å². The fourth-order valence-corrected chi connectivity index (χ4v) is 3.62. The highest BCUT2D eigenvalue weighted by atomic mass is 35.5. The second-order valence-corrected chi connectivity index (χ2v) is 8.74. The number of hydrogen-bond acceptors (Lipinski definition) is 7. The maximum Gasteiger partial charge on any atom is 0.314 e. The van der Waals surface area contributed by atoms with Crippen LogP contribution in [0.1, 0.15) is 74.0 Å². The number of aromatic nitrogens is 3. The van der Waals surface area contributed by atoms with Crippen molar-refractivity contribution in [3.8, 4) is 0 Å². The highest BCUT2D eigenvalue weighted by molar-refractivity contribution is 6.29. The Morgan fingerprint density at radius 3 is 2.56 bits per heavy atom. The van der Waals surface area contributed by atoms with E-state index in [2.05, 4.69) is 25.8 Å². The second-order valence-electron chi connectivity index (χ2n) is 8.36. The molecule has 0 saturated heterocycles. The van der Waals surface area contributed by atoms with Crippen molar-refractivity contribution in [1.82, 2.24) is 20.5 Å². The van der Waals surface area contributed by atoms with Crippen LogP contribution in [0.25, 0.3) is 0 Å². The zero-order valence-corrected chi connectivity index (χ0v) is 18.4. The molecule has 2 aromatic rings. The van der Waals surface area contributed by atoms with Crippen molar-refractivity contribution in [2.45, 2.75) is 69.7 Å².